The van der Waals surface area contributed by atoms with Crippen LogP contribution in [0.3, 0.4) is 0 Å². The van der Waals surface area contributed by atoms with Gasteiger partial charge in [0, 0.05) is 12.1 Å². The fourth-order valence-electron chi connectivity index (χ4n) is 2.06. The van der Waals surface area contributed by atoms with Crippen LogP contribution >= 0.6 is 0 Å². The molecule has 1 saturated carbocycles. The summed E-state index contributed by atoms with van der Waals surface area (Å²) < 4.78 is 19.1. The van der Waals surface area contributed by atoms with Gasteiger partial charge in [-0.3, -0.25) is 10.1 Å². The van der Waals surface area contributed by atoms with Crippen molar-refractivity contribution in [1.82, 2.24) is 5.32 Å². The van der Waals surface area contributed by atoms with Crippen molar-refractivity contribution in [3.8, 4) is 5.75 Å². The van der Waals surface area contributed by atoms with Crippen molar-refractivity contribution in [2.75, 3.05) is 6.54 Å². The summed E-state index contributed by atoms with van der Waals surface area (Å²) in [6.45, 7) is 3.08. The lowest BCUT2D eigenvalue weighted by Crippen LogP contribution is -2.47. The summed E-state index contributed by atoms with van der Waals surface area (Å²) in [5.74, 6) is -0.594. The van der Waals surface area contributed by atoms with Crippen molar-refractivity contribution >= 4 is 5.69 Å². The maximum atomic E-state index is 13.6. The first kappa shape index (κ1) is 13.7. The number of halogens is 1. The number of non-ortho nitro benzene ring substituents is 1. The lowest BCUT2D eigenvalue weighted by Gasteiger charge is -2.36. The fraction of sp³-hybridized carbons (Fsp3) is 0.538. The molecule has 2 rings (SSSR count). The van der Waals surface area contributed by atoms with Gasteiger partial charge in [-0.25, -0.2) is 4.39 Å². The van der Waals surface area contributed by atoms with Crippen LogP contribution in [0.1, 0.15) is 26.2 Å². The van der Waals surface area contributed by atoms with E-state index in [1.165, 1.54) is 12.1 Å². The van der Waals surface area contributed by atoms with Crippen LogP contribution in [0, 0.1) is 15.9 Å². The minimum absolute atomic E-state index is 0.00897. The Morgan fingerprint density at radius 2 is 2.26 bits per heavy atom. The Morgan fingerprint density at radius 1 is 1.53 bits per heavy atom. The minimum atomic E-state index is -0.681. The van der Waals surface area contributed by atoms with Crippen LogP contribution in [0.5, 0.6) is 5.75 Å². The summed E-state index contributed by atoms with van der Waals surface area (Å²) >= 11 is 0. The molecule has 0 amide bonds. The summed E-state index contributed by atoms with van der Waals surface area (Å²) in [6, 6.07) is 3.90. The highest BCUT2D eigenvalue weighted by Gasteiger charge is 2.30. The lowest BCUT2D eigenvalue weighted by molar-refractivity contribution is -0.385. The second-order valence-electron chi connectivity index (χ2n) is 4.73. The molecule has 1 aliphatic carbocycles. The van der Waals surface area contributed by atoms with Crippen molar-refractivity contribution in [2.24, 2.45) is 0 Å². The van der Waals surface area contributed by atoms with E-state index in [4.69, 9.17) is 4.74 Å². The molecule has 5 nitrogen and oxygen atoms in total. The third kappa shape index (κ3) is 3.41. The predicted octanol–water partition coefficient (Wildman–Crippen LogP) is 2.64. The van der Waals surface area contributed by atoms with E-state index in [-0.39, 0.29) is 17.5 Å². The van der Waals surface area contributed by atoms with E-state index >= 15 is 0 Å². The predicted molar refractivity (Wildman–Crippen MR) is 68.8 cm³/mol. The Labute approximate surface area is 110 Å². The third-order valence-corrected chi connectivity index (χ3v) is 3.20. The zero-order chi connectivity index (χ0) is 13.8. The molecule has 19 heavy (non-hydrogen) atoms. The molecule has 1 aromatic carbocycles. The number of hydrogen-bond donors (Lipinski definition) is 1. The van der Waals surface area contributed by atoms with Gasteiger partial charge in [0.25, 0.3) is 5.69 Å². The van der Waals surface area contributed by atoms with E-state index in [1.54, 1.807) is 0 Å². The molecule has 0 unspecified atom stereocenters. The van der Waals surface area contributed by atoms with Crippen LogP contribution < -0.4 is 10.1 Å². The molecule has 0 aliphatic heterocycles. The molecule has 1 N–H and O–H groups in total. The summed E-state index contributed by atoms with van der Waals surface area (Å²) in [7, 11) is 0. The Hall–Kier alpha value is -1.69. The molecule has 1 aliphatic rings. The number of ether oxygens (including phenoxy) is 1. The Balaban J connectivity index is 1.86. The van der Waals surface area contributed by atoms with E-state index in [2.05, 4.69) is 12.2 Å². The Bertz CT molecular complexity index is 461. The van der Waals surface area contributed by atoms with Crippen molar-refractivity contribution in [3.63, 3.8) is 0 Å². The summed E-state index contributed by atoms with van der Waals surface area (Å²) in [4.78, 5) is 9.86. The largest absolute Gasteiger partial charge is 0.487 e. The number of nitro groups is 1. The Morgan fingerprint density at radius 3 is 2.84 bits per heavy atom. The minimum Gasteiger partial charge on any atom is -0.487 e. The number of benzene rings is 1. The molecule has 0 bridgehead atoms. The average Bonchev–Trinajstić information content (AvgIpc) is 2.33. The highest BCUT2D eigenvalue weighted by atomic mass is 19.1. The maximum absolute atomic E-state index is 13.6. The summed E-state index contributed by atoms with van der Waals surface area (Å²) in [5.41, 5.74) is -0.263. The maximum Gasteiger partial charge on any atom is 0.272 e. The third-order valence-electron chi connectivity index (χ3n) is 3.20. The molecular weight excluding hydrogens is 251 g/mol. The van der Waals surface area contributed by atoms with Gasteiger partial charge >= 0.3 is 0 Å². The standard InChI is InChI=1S/C13H17FN2O3/c1-2-5-15-9-6-11(7-9)19-13-4-3-10(16(17)18)8-12(13)14/h3-4,8-9,11,15H,2,5-7H2,1H3. The van der Waals surface area contributed by atoms with Gasteiger partial charge in [0.05, 0.1) is 11.0 Å². The van der Waals surface area contributed by atoms with Crippen LogP contribution in [0.25, 0.3) is 0 Å². The van der Waals surface area contributed by atoms with Crippen LogP contribution in [0.2, 0.25) is 0 Å². The normalized spacial score (nSPS) is 21.8. The molecule has 0 aromatic heterocycles. The number of nitrogens with one attached hydrogen (secondary N) is 1. The topological polar surface area (TPSA) is 64.4 Å². The lowest BCUT2D eigenvalue weighted by atomic mass is 9.89. The van der Waals surface area contributed by atoms with E-state index < -0.39 is 10.7 Å². The molecule has 6 heteroatoms. The molecule has 104 valence electrons. The van der Waals surface area contributed by atoms with Crippen LogP contribution in [0.15, 0.2) is 18.2 Å². The number of hydrogen-bond acceptors (Lipinski definition) is 4. The van der Waals surface area contributed by atoms with Crippen LogP contribution in [0.4, 0.5) is 10.1 Å². The summed E-state index contributed by atoms with van der Waals surface area (Å²) in [5, 5.41) is 13.8. The molecule has 0 atom stereocenters. The van der Waals surface area contributed by atoms with Crippen LogP contribution in [-0.2, 0) is 0 Å². The second kappa shape index (κ2) is 5.97. The Kier molecular flexibility index (Phi) is 4.31. The van der Waals surface area contributed by atoms with Crippen molar-refractivity contribution in [3.05, 3.63) is 34.1 Å². The van der Waals surface area contributed by atoms with Crippen LogP contribution in [-0.4, -0.2) is 23.6 Å². The van der Waals surface area contributed by atoms with Crippen molar-refractivity contribution in [1.29, 1.82) is 0 Å². The molecular formula is C13H17FN2O3. The monoisotopic (exact) mass is 268 g/mol. The van der Waals surface area contributed by atoms with Gasteiger partial charge in [0.2, 0.25) is 0 Å². The smallest absolute Gasteiger partial charge is 0.272 e. The molecule has 1 fully saturated rings. The molecule has 0 heterocycles. The SMILES string of the molecule is CCCNC1CC(Oc2ccc([N+](=O)[O-])cc2F)C1. The first-order chi connectivity index (χ1) is 9.10. The van der Waals surface area contributed by atoms with Gasteiger partial charge in [-0.05, 0) is 31.9 Å². The molecule has 1 aromatic rings. The number of rotatable bonds is 6. The van der Waals surface area contributed by atoms with Gasteiger partial charge in [0.1, 0.15) is 6.10 Å². The zero-order valence-electron chi connectivity index (χ0n) is 10.8. The van der Waals surface area contributed by atoms with Gasteiger partial charge in [-0.1, -0.05) is 6.92 Å². The van der Waals surface area contributed by atoms with Crippen molar-refractivity contribution in [2.45, 2.75) is 38.3 Å². The zero-order valence-corrected chi connectivity index (χ0v) is 10.8. The highest BCUT2D eigenvalue weighted by Crippen LogP contribution is 2.29. The quantitative estimate of drug-likeness (QED) is 0.636. The van der Waals surface area contributed by atoms with E-state index in [1.807, 2.05) is 0 Å². The molecule has 0 spiro atoms. The van der Waals surface area contributed by atoms with Crippen molar-refractivity contribution < 1.29 is 14.1 Å². The van der Waals surface area contributed by atoms with Gasteiger partial charge in [-0.15, -0.1) is 0 Å². The summed E-state index contributed by atoms with van der Waals surface area (Å²) in [6.07, 6.45) is 2.76. The highest BCUT2D eigenvalue weighted by molar-refractivity contribution is 5.37. The first-order valence-electron chi connectivity index (χ1n) is 6.44. The number of nitrogens with zero attached hydrogens (tertiary/aromatic N) is 1. The average molecular weight is 268 g/mol. The van der Waals surface area contributed by atoms with Gasteiger partial charge in [0.15, 0.2) is 11.6 Å². The fourth-order valence-corrected chi connectivity index (χ4v) is 2.06. The van der Waals surface area contributed by atoms with Gasteiger partial charge < -0.3 is 10.1 Å². The van der Waals surface area contributed by atoms with E-state index in [0.717, 1.165) is 31.9 Å². The van der Waals surface area contributed by atoms with E-state index in [9.17, 15) is 14.5 Å². The first-order valence-corrected chi connectivity index (χ1v) is 6.44. The van der Waals surface area contributed by atoms with E-state index in [0.29, 0.717) is 6.04 Å². The second-order valence-corrected chi connectivity index (χ2v) is 4.73. The number of nitro benzene ring substituents is 1. The van der Waals surface area contributed by atoms with Gasteiger partial charge in [-0.2, -0.15) is 0 Å². The molecule has 0 radical (unpaired) electrons. The molecule has 0 saturated heterocycles.